The molecule has 1 unspecified atom stereocenters. The van der Waals surface area contributed by atoms with Crippen LogP contribution in [0.1, 0.15) is 17.2 Å². The molecule has 5 nitrogen and oxygen atoms in total. The van der Waals surface area contributed by atoms with Gasteiger partial charge in [-0.2, -0.15) is 5.26 Å². The molecule has 0 amide bonds. The SMILES string of the molecule is N#Cc1cccnc1NC(C(=O)O)c1ccccc1. The molecule has 94 valence electrons. The lowest BCUT2D eigenvalue weighted by molar-refractivity contribution is -0.138. The van der Waals surface area contributed by atoms with Gasteiger partial charge >= 0.3 is 5.97 Å². The number of nitriles is 1. The minimum Gasteiger partial charge on any atom is -0.479 e. The fourth-order valence-corrected chi connectivity index (χ4v) is 1.68. The van der Waals surface area contributed by atoms with Crippen molar-refractivity contribution in [2.45, 2.75) is 6.04 Å². The number of hydrogen-bond donors (Lipinski definition) is 2. The number of aromatic nitrogens is 1. The molecule has 1 aromatic carbocycles. The summed E-state index contributed by atoms with van der Waals surface area (Å²) in [6, 6.07) is 13.0. The molecule has 0 bridgehead atoms. The number of benzene rings is 1. The van der Waals surface area contributed by atoms with Crippen molar-refractivity contribution in [1.82, 2.24) is 4.98 Å². The highest BCUT2D eigenvalue weighted by Gasteiger charge is 2.20. The number of nitrogens with one attached hydrogen (secondary N) is 1. The average Bonchev–Trinajstić information content (AvgIpc) is 2.45. The third-order valence-corrected chi connectivity index (χ3v) is 2.59. The van der Waals surface area contributed by atoms with E-state index in [1.165, 1.54) is 6.20 Å². The first-order valence-corrected chi connectivity index (χ1v) is 5.62. The number of anilines is 1. The van der Waals surface area contributed by atoms with Gasteiger partial charge in [0, 0.05) is 6.20 Å². The lowest BCUT2D eigenvalue weighted by Gasteiger charge is -2.15. The molecule has 0 aliphatic rings. The molecule has 2 rings (SSSR count). The molecular formula is C14H11N3O2. The Hall–Kier alpha value is -2.87. The van der Waals surface area contributed by atoms with Crippen LogP contribution < -0.4 is 5.32 Å². The molecule has 0 radical (unpaired) electrons. The normalized spacial score (nSPS) is 11.3. The standard InChI is InChI=1S/C14H11N3O2/c15-9-11-7-4-8-16-13(11)17-12(14(18)19)10-5-2-1-3-6-10/h1-8,12H,(H,16,17)(H,18,19). The minimum absolute atomic E-state index is 0.265. The molecule has 0 spiro atoms. The van der Waals surface area contributed by atoms with Crippen molar-refractivity contribution < 1.29 is 9.90 Å². The van der Waals surface area contributed by atoms with Gasteiger partial charge in [0.1, 0.15) is 11.9 Å². The predicted molar refractivity (Wildman–Crippen MR) is 69.4 cm³/mol. The summed E-state index contributed by atoms with van der Waals surface area (Å²) in [6.07, 6.45) is 1.51. The third-order valence-electron chi connectivity index (χ3n) is 2.59. The maximum atomic E-state index is 11.3. The first-order valence-electron chi connectivity index (χ1n) is 5.62. The minimum atomic E-state index is -1.03. The van der Waals surface area contributed by atoms with E-state index < -0.39 is 12.0 Å². The molecule has 0 aliphatic carbocycles. The fourth-order valence-electron chi connectivity index (χ4n) is 1.68. The zero-order valence-corrected chi connectivity index (χ0v) is 9.95. The van der Waals surface area contributed by atoms with Crippen molar-refractivity contribution in [2.24, 2.45) is 0 Å². The van der Waals surface area contributed by atoms with Crippen LogP contribution in [-0.2, 0) is 4.79 Å². The Morgan fingerprint density at radius 3 is 2.63 bits per heavy atom. The molecule has 19 heavy (non-hydrogen) atoms. The van der Waals surface area contributed by atoms with Crippen LogP contribution in [0.3, 0.4) is 0 Å². The van der Waals surface area contributed by atoms with Gasteiger partial charge in [0.05, 0.1) is 5.56 Å². The molecule has 1 atom stereocenters. The van der Waals surface area contributed by atoms with Gasteiger partial charge in [-0.1, -0.05) is 30.3 Å². The fraction of sp³-hybridized carbons (Fsp3) is 0.0714. The Morgan fingerprint density at radius 2 is 2.00 bits per heavy atom. The summed E-state index contributed by atoms with van der Waals surface area (Å²) < 4.78 is 0. The Morgan fingerprint density at radius 1 is 1.26 bits per heavy atom. The Kier molecular flexibility index (Phi) is 3.74. The summed E-state index contributed by atoms with van der Waals surface area (Å²) in [5.41, 5.74) is 0.911. The van der Waals surface area contributed by atoms with Crippen LogP contribution >= 0.6 is 0 Å². The van der Waals surface area contributed by atoms with Crippen LogP contribution in [0.5, 0.6) is 0 Å². The molecular weight excluding hydrogens is 242 g/mol. The lowest BCUT2D eigenvalue weighted by Crippen LogP contribution is -2.21. The number of carboxylic acid groups (broad SMARTS) is 1. The first kappa shape index (κ1) is 12.6. The van der Waals surface area contributed by atoms with Gasteiger partial charge in [-0.05, 0) is 17.7 Å². The smallest absolute Gasteiger partial charge is 0.330 e. The summed E-state index contributed by atoms with van der Waals surface area (Å²) >= 11 is 0. The monoisotopic (exact) mass is 253 g/mol. The van der Waals surface area contributed by atoms with Crippen molar-refractivity contribution in [3.63, 3.8) is 0 Å². The second kappa shape index (κ2) is 5.65. The molecule has 2 aromatic rings. The maximum absolute atomic E-state index is 11.3. The van der Waals surface area contributed by atoms with E-state index >= 15 is 0 Å². The highest BCUT2D eigenvalue weighted by molar-refractivity contribution is 5.79. The number of pyridine rings is 1. The number of hydrogen-bond acceptors (Lipinski definition) is 4. The molecule has 1 heterocycles. The van der Waals surface area contributed by atoms with Gasteiger partial charge < -0.3 is 10.4 Å². The van der Waals surface area contributed by atoms with Crippen LogP contribution in [0.25, 0.3) is 0 Å². The number of aliphatic carboxylic acids is 1. The topological polar surface area (TPSA) is 86.0 Å². The van der Waals surface area contributed by atoms with Crippen LogP contribution in [0.2, 0.25) is 0 Å². The molecule has 0 fully saturated rings. The highest BCUT2D eigenvalue weighted by atomic mass is 16.4. The Bertz CT molecular complexity index is 620. The highest BCUT2D eigenvalue weighted by Crippen LogP contribution is 2.20. The largest absolute Gasteiger partial charge is 0.479 e. The second-order valence-electron chi connectivity index (χ2n) is 3.84. The molecule has 0 saturated heterocycles. The first-order chi connectivity index (χ1) is 9.22. The molecule has 0 aliphatic heterocycles. The number of carboxylic acids is 1. The van der Waals surface area contributed by atoms with Gasteiger partial charge in [-0.25, -0.2) is 9.78 Å². The molecule has 0 saturated carbocycles. The van der Waals surface area contributed by atoms with Crippen LogP contribution in [-0.4, -0.2) is 16.1 Å². The maximum Gasteiger partial charge on any atom is 0.330 e. The summed E-state index contributed by atoms with van der Waals surface area (Å²) in [7, 11) is 0. The van der Waals surface area contributed by atoms with Crippen molar-refractivity contribution in [2.75, 3.05) is 5.32 Å². The van der Waals surface area contributed by atoms with Crippen LogP contribution in [0, 0.1) is 11.3 Å². The molecule has 2 N–H and O–H groups in total. The van der Waals surface area contributed by atoms with Gasteiger partial charge in [-0.15, -0.1) is 0 Å². The average molecular weight is 253 g/mol. The van der Waals surface area contributed by atoms with E-state index in [0.29, 0.717) is 11.1 Å². The van der Waals surface area contributed by atoms with Crippen molar-refractivity contribution in [3.05, 3.63) is 59.8 Å². The van der Waals surface area contributed by atoms with E-state index in [4.69, 9.17) is 5.26 Å². The predicted octanol–water partition coefficient (Wildman–Crippen LogP) is 2.19. The van der Waals surface area contributed by atoms with E-state index in [9.17, 15) is 9.90 Å². The summed E-state index contributed by atoms with van der Waals surface area (Å²) in [4.78, 5) is 15.3. The second-order valence-corrected chi connectivity index (χ2v) is 3.84. The zero-order valence-electron chi connectivity index (χ0n) is 9.95. The summed E-state index contributed by atoms with van der Waals surface area (Å²) in [5, 5.41) is 21.0. The van der Waals surface area contributed by atoms with E-state index in [0.717, 1.165) is 0 Å². The van der Waals surface area contributed by atoms with E-state index in [1.54, 1.807) is 36.4 Å². The van der Waals surface area contributed by atoms with Crippen molar-refractivity contribution >= 4 is 11.8 Å². The quantitative estimate of drug-likeness (QED) is 0.872. The third kappa shape index (κ3) is 2.87. The van der Waals surface area contributed by atoms with Gasteiger partial charge in [0.25, 0.3) is 0 Å². The van der Waals surface area contributed by atoms with Crippen LogP contribution in [0.15, 0.2) is 48.7 Å². The van der Waals surface area contributed by atoms with Crippen molar-refractivity contribution in [3.8, 4) is 6.07 Å². The number of nitrogens with zero attached hydrogens (tertiary/aromatic N) is 2. The van der Waals surface area contributed by atoms with E-state index in [-0.39, 0.29) is 5.82 Å². The van der Waals surface area contributed by atoms with Gasteiger partial charge in [0.15, 0.2) is 6.04 Å². The Balaban J connectivity index is 2.33. The van der Waals surface area contributed by atoms with Crippen LogP contribution in [0.4, 0.5) is 5.82 Å². The summed E-state index contributed by atoms with van der Waals surface area (Å²) in [5.74, 6) is -0.762. The zero-order chi connectivity index (χ0) is 13.7. The lowest BCUT2D eigenvalue weighted by atomic mass is 10.1. The van der Waals surface area contributed by atoms with E-state index in [2.05, 4.69) is 10.3 Å². The van der Waals surface area contributed by atoms with Crippen molar-refractivity contribution in [1.29, 1.82) is 5.26 Å². The molecule has 5 heteroatoms. The van der Waals surface area contributed by atoms with E-state index in [1.807, 2.05) is 12.1 Å². The Labute approximate surface area is 110 Å². The number of rotatable bonds is 4. The summed E-state index contributed by atoms with van der Waals surface area (Å²) in [6.45, 7) is 0. The van der Waals surface area contributed by atoms with Gasteiger partial charge in [-0.3, -0.25) is 0 Å². The molecule has 1 aromatic heterocycles. The number of carbonyl (C=O) groups is 1. The van der Waals surface area contributed by atoms with Gasteiger partial charge in [0.2, 0.25) is 0 Å².